The van der Waals surface area contributed by atoms with E-state index in [9.17, 15) is 0 Å². The van der Waals surface area contributed by atoms with Crippen LogP contribution in [0.1, 0.15) is 0 Å². The van der Waals surface area contributed by atoms with Crippen LogP contribution >= 0.6 is 12.2 Å². The van der Waals surface area contributed by atoms with Crippen molar-refractivity contribution in [1.29, 1.82) is 0 Å². The summed E-state index contributed by atoms with van der Waals surface area (Å²) < 4.78 is 0. The number of nitrogens with zero attached hydrogens (tertiary/aromatic N) is 2. The normalized spacial score (nSPS) is 16.1. The van der Waals surface area contributed by atoms with Crippen molar-refractivity contribution < 1.29 is 0 Å². The molecule has 2 aromatic rings. The number of thiocarbonyl (C=S) groups is 1. The second kappa shape index (κ2) is 5.87. The van der Waals surface area contributed by atoms with Gasteiger partial charge in [-0.25, -0.2) is 0 Å². The fourth-order valence-corrected chi connectivity index (χ4v) is 2.92. The van der Waals surface area contributed by atoms with Crippen LogP contribution < -0.4 is 16.0 Å². The Bertz CT molecular complexity index is 662. The highest BCUT2D eigenvalue weighted by molar-refractivity contribution is 7.80. The molecule has 0 radical (unpaired) electrons. The van der Waals surface area contributed by atoms with Crippen molar-refractivity contribution in [2.24, 2.45) is 5.73 Å². The van der Waals surface area contributed by atoms with Crippen LogP contribution in [0.15, 0.2) is 36.4 Å². The van der Waals surface area contributed by atoms with E-state index in [-0.39, 0.29) is 0 Å². The van der Waals surface area contributed by atoms with Crippen molar-refractivity contribution in [3.8, 4) is 0 Å². The maximum atomic E-state index is 5.57. The Hall–Kier alpha value is -1.85. The van der Waals surface area contributed by atoms with Gasteiger partial charge in [0.2, 0.25) is 0 Å². The number of piperazine rings is 1. The summed E-state index contributed by atoms with van der Waals surface area (Å²) in [5.41, 5.74) is 7.79. The van der Waals surface area contributed by atoms with E-state index in [1.807, 2.05) is 6.07 Å². The Morgan fingerprint density at radius 1 is 1.14 bits per heavy atom. The Kier molecular flexibility index (Phi) is 3.94. The van der Waals surface area contributed by atoms with Crippen molar-refractivity contribution in [2.45, 2.75) is 0 Å². The molecule has 1 saturated heterocycles. The zero-order valence-corrected chi connectivity index (χ0v) is 13.0. The van der Waals surface area contributed by atoms with Crippen molar-refractivity contribution in [1.82, 2.24) is 4.90 Å². The molecule has 3 rings (SSSR count). The van der Waals surface area contributed by atoms with E-state index in [1.54, 1.807) is 0 Å². The van der Waals surface area contributed by atoms with E-state index in [0.717, 1.165) is 31.9 Å². The van der Waals surface area contributed by atoms with Crippen molar-refractivity contribution in [2.75, 3.05) is 43.4 Å². The first-order valence-corrected chi connectivity index (χ1v) is 7.57. The lowest BCUT2D eigenvalue weighted by molar-refractivity contribution is 0.313. The molecule has 0 unspecified atom stereocenters. The molecule has 0 bridgehead atoms. The van der Waals surface area contributed by atoms with Crippen LogP contribution in [0.2, 0.25) is 0 Å². The van der Waals surface area contributed by atoms with Crippen LogP contribution in [0.4, 0.5) is 11.4 Å². The topological polar surface area (TPSA) is 44.5 Å². The fourth-order valence-electron chi connectivity index (χ4n) is 2.80. The molecular formula is C16H20N4S. The summed E-state index contributed by atoms with van der Waals surface area (Å²) in [4.78, 5) is 4.81. The molecule has 3 N–H and O–H groups in total. The zero-order chi connectivity index (χ0) is 14.8. The van der Waals surface area contributed by atoms with Crippen LogP contribution in [0.25, 0.3) is 10.8 Å². The van der Waals surface area contributed by atoms with E-state index in [0.29, 0.717) is 5.11 Å². The Labute approximate surface area is 130 Å². The largest absolute Gasteiger partial charge is 0.376 e. The molecule has 0 atom stereocenters. The predicted octanol–water partition coefficient (Wildman–Crippen LogP) is 2.25. The molecule has 2 aromatic carbocycles. The first-order chi connectivity index (χ1) is 10.1. The van der Waals surface area contributed by atoms with Crippen LogP contribution in [0, 0.1) is 0 Å². The third kappa shape index (κ3) is 3.09. The average molecular weight is 300 g/mol. The van der Waals surface area contributed by atoms with Crippen LogP contribution in [0.5, 0.6) is 0 Å². The van der Waals surface area contributed by atoms with Crippen molar-refractivity contribution in [3.63, 3.8) is 0 Å². The van der Waals surface area contributed by atoms with Gasteiger partial charge in [0, 0.05) is 42.9 Å². The molecule has 21 heavy (non-hydrogen) atoms. The van der Waals surface area contributed by atoms with Crippen LogP contribution in [0.3, 0.4) is 0 Å². The molecule has 110 valence electrons. The summed E-state index contributed by atoms with van der Waals surface area (Å²) in [6.45, 7) is 4.31. The number of fused-ring (bicyclic) bond motifs is 1. The summed E-state index contributed by atoms with van der Waals surface area (Å²) in [5, 5.41) is 5.79. The molecule has 1 aliphatic rings. The standard InChI is InChI=1S/C16H20N4S/c1-19-7-9-20(10-8-19)15-4-2-3-12-5-6-13(11-14(12)15)18-16(17)21/h2-6,11H,7-10H2,1H3,(H3,17,18,21). The van der Waals surface area contributed by atoms with Gasteiger partial charge in [-0.05, 0) is 42.9 Å². The average Bonchev–Trinajstić information content (AvgIpc) is 2.47. The number of benzene rings is 2. The maximum Gasteiger partial charge on any atom is 0.168 e. The molecule has 5 heteroatoms. The van der Waals surface area contributed by atoms with Gasteiger partial charge in [0.15, 0.2) is 5.11 Å². The highest BCUT2D eigenvalue weighted by atomic mass is 32.1. The lowest BCUT2D eigenvalue weighted by Gasteiger charge is -2.34. The van der Waals surface area contributed by atoms with Gasteiger partial charge < -0.3 is 20.9 Å². The molecule has 4 nitrogen and oxygen atoms in total. The van der Waals surface area contributed by atoms with E-state index in [4.69, 9.17) is 18.0 Å². The second-order valence-electron chi connectivity index (χ2n) is 5.49. The minimum atomic E-state index is 0.298. The smallest absolute Gasteiger partial charge is 0.168 e. The number of hydrogen-bond acceptors (Lipinski definition) is 3. The molecule has 0 amide bonds. The van der Waals surface area contributed by atoms with Crippen LogP contribution in [-0.4, -0.2) is 43.2 Å². The van der Waals surface area contributed by atoms with Crippen molar-refractivity contribution in [3.05, 3.63) is 36.4 Å². The first kappa shape index (κ1) is 14.1. The SMILES string of the molecule is CN1CCN(c2cccc3ccc(NC(N)=S)cc23)CC1. The lowest BCUT2D eigenvalue weighted by atomic mass is 10.1. The number of anilines is 2. The van der Waals surface area contributed by atoms with E-state index < -0.39 is 0 Å². The summed E-state index contributed by atoms with van der Waals surface area (Å²) in [5.74, 6) is 0. The quantitative estimate of drug-likeness (QED) is 0.833. The minimum absolute atomic E-state index is 0.298. The molecule has 0 saturated carbocycles. The lowest BCUT2D eigenvalue weighted by Crippen LogP contribution is -2.44. The van der Waals surface area contributed by atoms with Gasteiger partial charge in [0.25, 0.3) is 0 Å². The number of rotatable bonds is 2. The molecule has 0 aromatic heterocycles. The molecule has 1 fully saturated rings. The van der Waals surface area contributed by atoms with E-state index in [1.165, 1.54) is 16.5 Å². The maximum absolute atomic E-state index is 5.57. The third-order valence-corrected chi connectivity index (χ3v) is 4.07. The Balaban J connectivity index is 1.99. The predicted molar refractivity (Wildman–Crippen MR) is 94.1 cm³/mol. The van der Waals surface area contributed by atoms with Gasteiger partial charge in [0.1, 0.15) is 0 Å². The van der Waals surface area contributed by atoms with Crippen LogP contribution in [-0.2, 0) is 0 Å². The first-order valence-electron chi connectivity index (χ1n) is 7.16. The number of likely N-dealkylation sites (N-methyl/N-ethyl adjacent to an activating group) is 1. The highest BCUT2D eigenvalue weighted by Crippen LogP contribution is 2.29. The monoisotopic (exact) mass is 300 g/mol. The number of nitrogens with two attached hydrogens (primary N) is 1. The molecule has 1 aliphatic heterocycles. The van der Waals surface area contributed by atoms with Gasteiger partial charge in [-0.3, -0.25) is 0 Å². The minimum Gasteiger partial charge on any atom is -0.376 e. The van der Waals surface area contributed by atoms with Gasteiger partial charge in [-0.2, -0.15) is 0 Å². The molecule has 1 heterocycles. The Morgan fingerprint density at radius 2 is 1.90 bits per heavy atom. The molecule has 0 spiro atoms. The third-order valence-electron chi connectivity index (χ3n) is 3.97. The van der Waals surface area contributed by atoms with Gasteiger partial charge in [0.05, 0.1) is 0 Å². The molecule has 0 aliphatic carbocycles. The zero-order valence-electron chi connectivity index (χ0n) is 12.2. The number of nitrogens with one attached hydrogen (secondary N) is 1. The number of hydrogen-bond donors (Lipinski definition) is 2. The van der Waals surface area contributed by atoms with Crippen molar-refractivity contribution >= 4 is 39.5 Å². The summed E-state index contributed by atoms with van der Waals surface area (Å²) in [6, 6.07) is 12.7. The van der Waals surface area contributed by atoms with Gasteiger partial charge in [-0.15, -0.1) is 0 Å². The summed E-state index contributed by atoms with van der Waals surface area (Å²) >= 11 is 4.92. The Morgan fingerprint density at radius 3 is 2.62 bits per heavy atom. The van der Waals surface area contributed by atoms with Gasteiger partial charge >= 0.3 is 0 Å². The van der Waals surface area contributed by atoms with Gasteiger partial charge in [-0.1, -0.05) is 18.2 Å². The molecular weight excluding hydrogens is 280 g/mol. The second-order valence-corrected chi connectivity index (χ2v) is 5.93. The highest BCUT2D eigenvalue weighted by Gasteiger charge is 2.16. The van der Waals surface area contributed by atoms with E-state index in [2.05, 4.69) is 52.5 Å². The fraction of sp³-hybridized carbons (Fsp3) is 0.312. The van der Waals surface area contributed by atoms with E-state index >= 15 is 0 Å². The summed E-state index contributed by atoms with van der Waals surface area (Å²) in [7, 11) is 2.17. The summed E-state index contributed by atoms with van der Waals surface area (Å²) in [6.07, 6.45) is 0.